The van der Waals surface area contributed by atoms with Crippen LogP contribution >= 0.6 is 0 Å². The molecule has 0 spiro atoms. The second-order valence-electron chi connectivity index (χ2n) is 5.26. The van der Waals surface area contributed by atoms with Crippen molar-refractivity contribution >= 4 is 5.91 Å². The number of benzene rings is 1. The van der Waals surface area contributed by atoms with Gasteiger partial charge in [0, 0.05) is 12.6 Å². The minimum atomic E-state index is -0.562. The first kappa shape index (κ1) is 13.2. The van der Waals surface area contributed by atoms with Crippen molar-refractivity contribution in [3.8, 4) is 11.5 Å². The Bertz CT molecular complexity index is 472. The molecule has 2 aliphatic heterocycles. The van der Waals surface area contributed by atoms with Crippen molar-refractivity contribution in [3.05, 3.63) is 24.3 Å². The van der Waals surface area contributed by atoms with E-state index in [0.29, 0.717) is 24.1 Å². The highest BCUT2D eigenvalue weighted by atomic mass is 16.6. The standard InChI is InChI=1S/C15H20N2O3/c18-15(17-9-11-5-3-4-8-16-11)14-10-19-12-6-1-2-7-13(12)20-14/h1-2,6-7,11,14,16H,3-5,8-10H2,(H,17,18)/t11-,14-/m1/s1. The number of piperidine rings is 1. The third-order valence-electron chi connectivity index (χ3n) is 3.74. The lowest BCUT2D eigenvalue weighted by Crippen LogP contribution is -2.49. The van der Waals surface area contributed by atoms with Crippen LogP contribution in [0.4, 0.5) is 0 Å². The van der Waals surface area contributed by atoms with E-state index >= 15 is 0 Å². The molecule has 0 bridgehead atoms. The van der Waals surface area contributed by atoms with E-state index in [0.717, 1.165) is 13.0 Å². The Morgan fingerprint density at radius 2 is 2.15 bits per heavy atom. The van der Waals surface area contributed by atoms with Crippen molar-refractivity contribution in [2.75, 3.05) is 19.7 Å². The van der Waals surface area contributed by atoms with Crippen molar-refractivity contribution in [2.45, 2.75) is 31.4 Å². The summed E-state index contributed by atoms with van der Waals surface area (Å²) in [6.45, 7) is 1.96. The van der Waals surface area contributed by atoms with E-state index in [-0.39, 0.29) is 12.5 Å². The van der Waals surface area contributed by atoms with Gasteiger partial charge in [-0.1, -0.05) is 18.6 Å². The maximum absolute atomic E-state index is 12.1. The highest BCUT2D eigenvalue weighted by molar-refractivity contribution is 5.81. The van der Waals surface area contributed by atoms with E-state index < -0.39 is 6.10 Å². The SMILES string of the molecule is O=C(NC[C@H]1CCCCN1)[C@H]1COc2ccccc2O1. The number of fused-ring (bicyclic) bond motifs is 1. The van der Waals surface area contributed by atoms with Crippen molar-refractivity contribution in [2.24, 2.45) is 0 Å². The van der Waals surface area contributed by atoms with Crippen LogP contribution < -0.4 is 20.1 Å². The van der Waals surface area contributed by atoms with Gasteiger partial charge in [0.2, 0.25) is 6.10 Å². The Morgan fingerprint density at radius 1 is 1.30 bits per heavy atom. The number of para-hydroxylation sites is 2. The topological polar surface area (TPSA) is 59.6 Å². The molecule has 2 atom stereocenters. The summed E-state index contributed by atoms with van der Waals surface area (Å²) in [6, 6.07) is 7.79. The van der Waals surface area contributed by atoms with Crippen molar-refractivity contribution in [3.63, 3.8) is 0 Å². The van der Waals surface area contributed by atoms with E-state index in [2.05, 4.69) is 10.6 Å². The van der Waals surface area contributed by atoms with Gasteiger partial charge in [0.25, 0.3) is 5.91 Å². The molecule has 0 saturated carbocycles. The summed E-state index contributed by atoms with van der Waals surface area (Å²) in [5.41, 5.74) is 0. The van der Waals surface area contributed by atoms with E-state index in [1.54, 1.807) is 0 Å². The van der Waals surface area contributed by atoms with Gasteiger partial charge in [0.15, 0.2) is 11.5 Å². The van der Waals surface area contributed by atoms with Crippen molar-refractivity contribution in [1.82, 2.24) is 10.6 Å². The highest BCUT2D eigenvalue weighted by Gasteiger charge is 2.27. The zero-order valence-corrected chi connectivity index (χ0v) is 11.4. The molecule has 1 fully saturated rings. The van der Waals surface area contributed by atoms with Gasteiger partial charge in [-0.15, -0.1) is 0 Å². The fraction of sp³-hybridized carbons (Fsp3) is 0.533. The molecule has 2 aliphatic rings. The molecule has 20 heavy (non-hydrogen) atoms. The summed E-state index contributed by atoms with van der Waals surface area (Å²) in [5, 5.41) is 6.35. The number of rotatable bonds is 3. The molecular formula is C15H20N2O3. The van der Waals surface area contributed by atoms with Gasteiger partial charge in [0.05, 0.1) is 0 Å². The minimum absolute atomic E-state index is 0.105. The van der Waals surface area contributed by atoms with Crippen molar-refractivity contribution < 1.29 is 14.3 Å². The Hall–Kier alpha value is -1.75. The quantitative estimate of drug-likeness (QED) is 0.867. The molecular weight excluding hydrogens is 256 g/mol. The first-order valence-corrected chi connectivity index (χ1v) is 7.22. The van der Waals surface area contributed by atoms with Gasteiger partial charge in [0.1, 0.15) is 6.61 Å². The van der Waals surface area contributed by atoms with Crippen molar-refractivity contribution in [1.29, 1.82) is 0 Å². The predicted octanol–water partition coefficient (Wildman–Crippen LogP) is 1.08. The van der Waals surface area contributed by atoms with E-state index in [1.807, 2.05) is 24.3 Å². The van der Waals surface area contributed by atoms with E-state index in [9.17, 15) is 4.79 Å². The number of ether oxygens (including phenoxy) is 2. The van der Waals surface area contributed by atoms with Gasteiger partial charge in [-0.25, -0.2) is 0 Å². The summed E-state index contributed by atoms with van der Waals surface area (Å²) in [4.78, 5) is 12.1. The van der Waals surface area contributed by atoms with Crippen LogP contribution in [0.5, 0.6) is 11.5 Å². The molecule has 5 heteroatoms. The van der Waals surface area contributed by atoms with Crippen LogP contribution in [0.2, 0.25) is 0 Å². The molecule has 108 valence electrons. The lowest BCUT2D eigenvalue weighted by atomic mass is 10.1. The molecule has 0 unspecified atom stereocenters. The molecule has 1 saturated heterocycles. The van der Waals surface area contributed by atoms with Crippen LogP contribution in [0.3, 0.4) is 0 Å². The zero-order chi connectivity index (χ0) is 13.8. The van der Waals surface area contributed by atoms with Gasteiger partial charge in [-0.05, 0) is 31.5 Å². The normalized spacial score (nSPS) is 25.0. The Kier molecular flexibility index (Phi) is 4.06. The minimum Gasteiger partial charge on any atom is -0.485 e. The number of nitrogens with one attached hydrogen (secondary N) is 2. The van der Waals surface area contributed by atoms with Crippen LogP contribution in [0.1, 0.15) is 19.3 Å². The average molecular weight is 276 g/mol. The van der Waals surface area contributed by atoms with Crippen LogP contribution in [-0.4, -0.2) is 37.7 Å². The van der Waals surface area contributed by atoms with Crippen LogP contribution in [0.25, 0.3) is 0 Å². The van der Waals surface area contributed by atoms with Gasteiger partial charge >= 0.3 is 0 Å². The molecule has 5 nitrogen and oxygen atoms in total. The molecule has 0 aromatic heterocycles. The average Bonchev–Trinajstić information content (AvgIpc) is 2.53. The molecule has 0 aliphatic carbocycles. The Morgan fingerprint density at radius 3 is 2.95 bits per heavy atom. The van der Waals surface area contributed by atoms with Crippen LogP contribution in [0.15, 0.2) is 24.3 Å². The lowest BCUT2D eigenvalue weighted by Gasteiger charge is -2.27. The summed E-state index contributed by atoms with van der Waals surface area (Å²) in [6.07, 6.45) is 3.00. The third kappa shape index (κ3) is 3.04. The summed E-state index contributed by atoms with van der Waals surface area (Å²) in [7, 11) is 0. The number of hydrogen-bond donors (Lipinski definition) is 2. The fourth-order valence-corrected chi connectivity index (χ4v) is 2.58. The number of amides is 1. The lowest BCUT2D eigenvalue weighted by molar-refractivity contribution is -0.130. The van der Waals surface area contributed by atoms with Gasteiger partial charge in [-0.2, -0.15) is 0 Å². The van der Waals surface area contributed by atoms with Gasteiger partial charge < -0.3 is 20.1 Å². The number of carbonyl (C=O) groups excluding carboxylic acids is 1. The second-order valence-corrected chi connectivity index (χ2v) is 5.26. The maximum Gasteiger partial charge on any atom is 0.264 e. The Labute approximate surface area is 118 Å². The summed E-state index contributed by atoms with van der Waals surface area (Å²) in [5.74, 6) is 1.23. The number of hydrogen-bond acceptors (Lipinski definition) is 4. The second kappa shape index (κ2) is 6.13. The molecule has 0 radical (unpaired) electrons. The predicted molar refractivity (Wildman–Crippen MR) is 75.0 cm³/mol. The van der Waals surface area contributed by atoms with Gasteiger partial charge in [-0.3, -0.25) is 4.79 Å². The Balaban J connectivity index is 1.51. The number of carbonyl (C=O) groups is 1. The molecule has 3 rings (SSSR count). The molecule has 1 aromatic rings. The highest BCUT2D eigenvalue weighted by Crippen LogP contribution is 2.30. The van der Waals surface area contributed by atoms with E-state index in [1.165, 1.54) is 12.8 Å². The fourth-order valence-electron chi connectivity index (χ4n) is 2.58. The molecule has 2 heterocycles. The van der Waals surface area contributed by atoms with Crippen LogP contribution in [-0.2, 0) is 4.79 Å². The molecule has 1 aromatic carbocycles. The van der Waals surface area contributed by atoms with E-state index in [4.69, 9.17) is 9.47 Å². The largest absolute Gasteiger partial charge is 0.485 e. The smallest absolute Gasteiger partial charge is 0.264 e. The van der Waals surface area contributed by atoms with Crippen LogP contribution in [0, 0.1) is 0 Å². The summed E-state index contributed by atoms with van der Waals surface area (Å²) >= 11 is 0. The molecule has 1 amide bonds. The third-order valence-corrected chi connectivity index (χ3v) is 3.74. The molecule has 2 N–H and O–H groups in total. The first-order valence-electron chi connectivity index (χ1n) is 7.22. The zero-order valence-electron chi connectivity index (χ0n) is 11.4. The maximum atomic E-state index is 12.1. The monoisotopic (exact) mass is 276 g/mol. The summed E-state index contributed by atoms with van der Waals surface area (Å²) < 4.78 is 11.2. The first-order chi connectivity index (χ1) is 9.83.